The Labute approximate surface area is 157 Å². The van der Waals surface area contributed by atoms with Crippen LogP contribution in [-0.4, -0.2) is 26.2 Å². The lowest BCUT2D eigenvalue weighted by Gasteiger charge is -2.05. The third kappa shape index (κ3) is 3.61. The molecule has 0 saturated carbocycles. The van der Waals surface area contributed by atoms with Gasteiger partial charge in [-0.2, -0.15) is 5.26 Å². The van der Waals surface area contributed by atoms with Crippen molar-refractivity contribution in [3.05, 3.63) is 40.3 Å². The second-order valence-corrected chi connectivity index (χ2v) is 8.34. The predicted octanol–water partition coefficient (Wildman–Crippen LogP) is 4.18. The number of aromatic nitrogens is 3. The fraction of sp³-hybridized carbons (Fsp3) is 0.250. The van der Waals surface area contributed by atoms with Gasteiger partial charge in [0, 0.05) is 23.0 Å². The lowest BCUT2D eigenvalue weighted by molar-refractivity contribution is 0.102. The van der Waals surface area contributed by atoms with Gasteiger partial charge in [0.05, 0.1) is 27.3 Å². The number of rotatable bonds is 5. The molecule has 0 fully saturated rings. The van der Waals surface area contributed by atoms with Gasteiger partial charge in [-0.05, 0) is 26.8 Å². The smallest absolute Gasteiger partial charge is 0.259 e. The molecule has 3 heterocycles. The van der Waals surface area contributed by atoms with Crippen LogP contribution < -0.4 is 5.32 Å². The molecule has 1 amide bonds. The summed E-state index contributed by atoms with van der Waals surface area (Å²) in [6, 6.07) is 3.95. The SMILES string of the molecule is Cc1nc(NC(=O)c2cc(C)n(-c3nccs3)c2C)sc1SCC#N. The van der Waals surface area contributed by atoms with Crippen molar-refractivity contribution in [3.63, 3.8) is 0 Å². The topological polar surface area (TPSA) is 83.6 Å². The maximum absolute atomic E-state index is 12.7. The fourth-order valence-corrected chi connectivity index (χ4v) is 4.99. The number of nitrogens with zero attached hydrogens (tertiary/aromatic N) is 4. The van der Waals surface area contributed by atoms with Gasteiger partial charge in [-0.25, -0.2) is 9.97 Å². The molecule has 3 rings (SSSR count). The van der Waals surface area contributed by atoms with Crippen molar-refractivity contribution in [1.82, 2.24) is 14.5 Å². The van der Waals surface area contributed by atoms with Crippen LogP contribution in [0.1, 0.15) is 27.4 Å². The first-order chi connectivity index (χ1) is 12.0. The zero-order valence-electron chi connectivity index (χ0n) is 13.9. The van der Waals surface area contributed by atoms with Crippen LogP contribution in [0.3, 0.4) is 0 Å². The van der Waals surface area contributed by atoms with Gasteiger partial charge < -0.3 is 0 Å². The summed E-state index contributed by atoms with van der Waals surface area (Å²) in [5.41, 5.74) is 3.23. The van der Waals surface area contributed by atoms with Crippen molar-refractivity contribution in [2.24, 2.45) is 0 Å². The van der Waals surface area contributed by atoms with E-state index >= 15 is 0 Å². The Kier molecular flexibility index (Phi) is 5.22. The van der Waals surface area contributed by atoms with Crippen LogP contribution >= 0.6 is 34.4 Å². The molecule has 0 aliphatic heterocycles. The first-order valence-electron chi connectivity index (χ1n) is 7.38. The number of nitrogens with one attached hydrogen (secondary N) is 1. The van der Waals surface area contributed by atoms with Crippen LogP contribution in [-0.2, 0) is 0 Å². The van der Waals surface area contributed by atoms with E-state index < -0.39 is 0 Å². The van der Waals surface area contributed by atoms with E-state index in [0.29, 0.717) is 16.4 Å². The van der Waals surface area contributed by atoms with Crippen LogP contribution in [0.5, 0.6) is 0 Å². The van der Waals surface area contributed by atoms with E-state index in [1.165, 1.54) is 34.4 Å². The number of amides is 1. The zero-order chi connectivity index (χ0) is 18.0. The molecule has 0 saturated heterocycles. The van der Waals surface area contributed by atoms with E-state index in [2.05, 4.69) is 21.4 Å². The summed E-state index contributed by atoms with van der Waals surface area (Å²) in [5, 5.41) is 14.9. The van der Waals surface area contributed by atoms with Crippen molar-refractivity contribution in [3.8, 4) is 11.2 Å². The Morgan fingerprint density at radius 2 is 2.24 bits per heavy atom. The van der Waals surface area contributed by atoms with Crippen LogP contribution in [0.4, 0.5) is 5.13 Å². The fourth-order valence-electron chi connectivity index (χ4n) is 2.45. The van der Waals surface area contributed by atoms with Gasteiger partial charge >= 0.3 is 0 Å². The molecule has 3 aromatic heterocycles. The van der Waals surface area contributed by atoms with Gasteiger partial charge in [0.25, 0.3) is 5.91 Å². The van der Waals surface area contributed by atoms with Gasteiger partial charge in [-0.3, -0.25) is 14.7 Å². The van der Waals surface area contributed by atoms with Crippen LogP contribution in [0.2, 0.25) is 0 Å². The number of hydrogen-bond donors (Lipinski definition) is 1. The highest BCUT2D eigenvalue weighted by Crippen LogP contribution is 2.32. The lowest BCUT2D eigenvalue weighted by atomic mass is 10.2. The van der Waals surface area contributed by atoms with Crippen molar-refractivity contribution >= 4 is 45.5 Å². The molecule has 0 unspecified atom stereocenters. The summed E-state index contributed by atoms with van der Waals surface area (Å²) in [7, 11) is 0. The second kappa shape index (κ2) is 7.39. The molecule has 6 nitrogen and oxygen atoms in total. The standard InChI is InChI=1S/C16H15N5OS3/c1-9-8-12(11(3)21(9)16-18-5-7-24-16)13(22)20-15-19-10(2)14(25-15)23-6-4-17/h5,7-8H,6H2,1-3H3,(H,19,20,22). The summed E-state index contributed by atoms with van der Waals surface area (Å²) >= 11 is 4.35. The number of carbonyl (C=O) groups excluding carboxylic acids is 1. The largest absolute Gasteiger partial charge is 0.298 e. The third-order valence-electron chi connectivity index (χ3n) is 3.53. The summed E-state index contributed by atoms with van der Waals surface area (Å²) in [5.74, 6) is 0.173. The highest BCUT2D eigenvalue weighted by Gasteiger charge is 2.19. The average Bonchev–Trinajstić information content (AvgIpc) is 3.26. The maximum atomic E-state index is 12.7. The summed E-state index contributed by atoms with van der Waals surface area (Å²) in [4.78, 5) is 21.4. The quantitative estimate of drug-likeness (QED) is 0.662. The van der Waals surface area contributed by atoms with Crippen molar-refractivity contribution < 1.29 is 4.79 Å². The maximum Gasteiger partial charge on any atom is 0.259 e. The minimum atomic E-state index is -0.193. The minimum Gasteiger partial charge on any atom is -0.298 e. The van der Waals surface area contributed by atoms with E-state index in [4.69, 9.17) is 5.26 Å². The monoisotopic (exact) mass is 389 g/mol. The Bertz CT molecular complexity index is 949. The zero-order valence-corrected chi connectivity index (χ0v) is 16.3. The number of anilines is 1. The predicted molar refractivity (Wildman–Crippen MR) is 102 cm³/mol. The molecule has 128 valence electrons. The number of carbonyl (C=O) groups is 1. The van der Waals surface area contributed by atoms with E-state index in [0.717, 1.165) is 26.4 Å². The average molecular weight is 390 g/mol. The molecule has 3 aromatic rings. The third-order valence-corrected chi connectivity index (χ3v) is 6.59. The van der Waals surface area contributed by atoms with Crippen LogP contribution in [0, 0.1) is 32.1 Å². The normalized spacial score (nSPS) is 10.6. The number of aryl methyl sites for hydroxylation is 2. The molecule has 9 heteroatoms. The molecule has 0 aliphatic rings. The summed E-state index contributed by atoms with van der Waals surface area (Å²) < 4.78 is 2.92. The Morgan fingerprint density at radius 3 is 2.92 bits per heavy atom. The van der Waals surface area contributed by atoms with Crippen molar-refractivity contribution in [2.75, 3.05) is 11.1 Å². The number of thioether (sulfide) groups is 1. The molecule has 1 N–H and O–H groups in total. The molecule has 0 spiro atoms. The number of nitriles is 1. The second-order valence-electron chi connectivity index (χ2n) is 5.23. The Morgan fingerprint density at radius 1 is 1.44 bits per heavy atom. The van der Waals surface area contributed by atoms with E-state index in [9.17, 15) is 4.79 Å². The molecular weight excluding hydrogens is 374 g/mol. The van der Waals surface area contributed by atoms with E-state index in [-0.39, 0.29) is 5.91 Å². The van der Waals surface area contributed by atoms with Gasteiger partial charge in [-0.15, -0.1) is 11.3 Å². The Balaban J connectivity index is 1.83. The molecule has 0 radical (unpaired) electrons. The first-order valence-corrected chi connectivity index (χ1v) is 10.1. The van der Waals surface area contributed by atoms with Gasteiger partial charge in [0.15, 0.2) is 10.3 Å². The molecular formula is C16H15N5OS3. The minimum absolute atomic E-state index is 0.193. The molecule has 0 bridgehead atoms. The highest BCUT2D eigenvalue weighted by molar-refractivity contribution is 8.01. The van der Waals surface area contributed by atoms with Crippen molar-refractivity contribution in [1.29, 1.82) is 5.26 Å². The summed E-state index contributed by atoms with van der Waals surface area (Å²) in [6.07, 6.45) is 1.75. The van der Waals surface area contributed by atoms with E-state index in [1.807, 2.05) is 36.8 Å². The molecule has 0 aromatic carbocycles. The first kappa shape index (κ1) is 17.7. The van der Waals surface area contributed by atoms with Crippen molar-refractivity contribution in [2.45, 2.75) is 25.0 Å². The molecule has 0 aliphatic carbocycles. The molecule has 0 atom stereocenters. The lowest BCUT2D eigenvalue weighted by Crippen LogP contribution is -2.13. The highest BCUT2D eigenvalue weighted by atomic mass is 32.2. The number of hydrogen-bond acceptors (Lipinski definition) is 7. The van der Waals surface area contributed by atoms with Crippen LogP contribution in [0.25, 0.3) is 5.13 Å². The number of thiazole rings is 2. The Hall–Kier alpha value is -2.15. The van der Waals surface area contributed by atoms with Crippen LogP contribution in [0.15, 0.2) is 21.9 Å². The molecule has 25 heavy (non-hydrogen) atoms. The van der Waals surface area contributed by atoms with E-state index in [1.54, 1.807) is 6.20 Å². The van der Waals surface area contributed by atoms with Gasteiger partial charge in [0.2, 0.25) is 0 Å². The van der Waals surface area contributed by atoms with Gasteiger partial charge in [-0.1, -0.05) is 23.1 Å². The van der Waals surface area contributed by atoms with Gasteiger partial charge in [0.1, 0.15) is 0 Å². The summed E-state index contributed by atoms with van der Waals surface area (Å²) in [6.45, 7) is 5.74.